The first-order chi connectivity index (χ1) is 12.7. The van der Waals surface area contributed by atoms with E-state index in [-0.39, 0.29) is 12.5 Å². The minimum atomic E-state index is -0.398. The summed E-state index contributed by atoms with van der Waals surface area (Å²) in [6.45, 7) is 2.46. The summed E-state index contributed by atoms with van der Waals surface area (Å²) in [5.41, 5.74) is 1.87. The van der Waals surface area contributed by atoms with Crippen LogP contribution in [0.1, 0.15) is 18.1 Å². The van der Waals surface area contributed by atoms with Crippen LogP contribution in [0.15, 0.2) is 54.9 Å². The molecule has 1 amide bonds. The van der Waals surface area contributed by atoms with Gasteiger partial charge in [0.2, 0.25) is 5.91 Å². The SMILES string of the molecule is CCOC(=O)COc1cccc(CCNC(=O)C=Cc2cccnc2)c1. The second-order valence-corrected chi connectivity index (χ2v) is 5.40. The minimum absolute atomic E-state index is 0.118. The zero-order chi connectivity index (χ0) is 18.6. The van der Waals surface area contributed by atoms with Gasteiger partial charge in [-0.25, -0.2) is 4.79 Å². The van der Waals surface area contributed by atoms with Crippen molar-refractivity contribution >= 4 is 18.0 Å². The van der Waals surface area contributed by atoms with Crippen LogP contribution in [0.4, 0.5) is 0 Å². The Labute approximate surface area is 152 Å². The third kappa shape index (κ3) is 7.17. The lowest BCUT2D eigenvalue weighted by atomic mass is 10.1. The summed E-state index contributed by atoms with van der Waals surface area (Å²) in [6, 6.07) is 11.1. The molecular formula is C20H22N2O4. The molecule has 0 aliphatic carbocycles. The van der Waals surface area contributed by atoms with Gasteiger partial charge in [0.25, 0.3) is 0 Å². The molecular weight excluding hydrogens is 332 g/mol. The van der Waals surface area contributed by atoms with Crippen LogP contribution in [-0.2, 0) is 20.7 Å². The lowest BCUT2D eigenvalue weighted by molar-refractivity contribution is -0.145. The number of esters is 1. The summed E-state index contributed by atoms with van der Waals surface area (Å²) in [5.74, 6) is 0.0347. The first-order valence-corrected chi connectivity index (χ1v) is 8.40. The zero-order valence-corrected chi connectivity index (χ0v) is 14.7. The minimum Gasteiger partial charge on any atom is -0.482 e. The molecule has 136 valence electrons. The highest BCUT2D eigenvalue weighted by Crippen LogP contribution is 2.13. The molecule has 0 saturated carbocycles. The molecule has 0 radical (unpaired) electrons. The van der Waals surface area contributed by atoms with Gasteiger partial charge in [0.15, 0.2) is 6.61 Å². The molecule has 6 heteroatoms. The fourth-order valence-corrected chi connectivity index (χ4v) is 2.17. The number of carbonyl (C=O) groups excluding carboxylic acids is 2. The van der Waals surface area contributed by atoms with E-state index >= 15 is 0 Å². The Balaban J connectivity index is 1.75. The number of amides is 1. The molecule has 2 rings (SSSR count). The van der Waals surface area contributed by atoms with Gasteiger partial charge in [-0.1, -0.05) is 18.2 Å². The van der Waals surface area contributed by atoms with Crippen molar-refractivity contribution in [1.82, 2.24) is 10.3 Å². The van der Waals surface area contributed by atoms with Crippen LogP contribution >= 0.6 is 0 Å². The Hall–Kier alpha value is -3.15. The van der Waals surface area contributed by atoms with Crippen molar-refractivity contribution in [3.8, 4) is 5.75 Å². The van der Waals surface area contributed by atoms with Gasteiger partial charge < -0.3 is 14.8 Å². The maximum atomic E-state index is 11.8. The predicted octanol–water partition coefficient (Wildman–Crippen LogP) is 2.40. The van der Waals surface area contributed by atoms with E-state index in [0.29, 0.717) is 25.3 Å². The summed E-state index contributed by atoms with van der Waals surface area (Å²) in [7, 11) is 0. The molecule has 0 aliphatic heterocycles. The first kappa shape index (κ1) is 19.2. The van der Waals surface area contributed by atoms with Gasteiger partial charge in [0.1, 0.15) is 5.75 Å². The summed E-state index contributed by atoms with van der Waals surface area (Å²) in [4.78, 5) is 27.1. The quantitative estimate of drug-likeness (QED) is 0.553. The zero-order valence-electron chi connectivity index (χ0n) is 14.7. The van der Waals surface area contributed by atoms with Gasteiger partial charge in [-0.3, -0.25) is 9.78 Å². The van der Waals surface area contributed by atoms with Gasteiger partial charge in [-0.15, -0.1) is 0 Å². The Kier molecular flexibility index (Phi) is 7.86. The van der Waals surface area contributed by atoms with Crippen LogP contribution < -0.4 is 10.1 Å². The van der Waals surface area contributed by atoms with Crippen LogP contribution in [0.3, 0.4) is 0 Å². The van der Waals surface area contributed by atoms with Crippen LogP contribution in [0, 0.1) is 0 Å². The van der Waals surface area contributed by atoms with E-state index in [1.54, 1.807) is 31.5 Å². The van der Waals surface area contributed by atoms with E-state index in [1.165, 1.54) is 6.08 Å². The highest BCUT2D eigenvalue weighted by atomic mass is 16.6. The van der Waals surface area contributed by atoms with Crippen molar-refractivity contribution in [2.45, 2.75) is 13.3 Å². The fraction of sp³-hybridized carbons (Fsp3) is 0.250. The molecule has 26 heavy (non-hydrogen) atoms. The first-order valence-electron chi connectivity index (χ1n) is 8.40. The average molecular weight is 354 g/mol. The molecule has 2 aromatic rings. The summed E-state index contributed by atoms with van der Waals surface area (Å²) in [6.07, 6.45) is 7.22. The fourth-order valence-electron chi connectivity index (χ4n) is 2.17. The number of hydrogen-bond donors (Lipinski definition) is 1. The molecule has 0 fully saturated rings. The van der Waals surface area contributed by atoms with Crippen molar-refractivity contribution in [2.24, 2.45) is 0 Å². The summed E-state index contributed by atoms with van der Waals surface area (Å²) >= 11 is 0. The van der Waals surface area contributed by atoms with Crippen molar-refractivity contribution in [1.29, 1.82) is 0 Å². The van der Waals surface area contributed by atoms with E-state index in [4.69, 9.17) is 9.47 Å². The van der Waals surface area contributed by atoms with E-state index in [9.17, 15) is 9.59 Å². The number of ether oxygens (including phenoxy) is 2. The maximum absolute atomic E-state index is 11.8. The topological polar surface area (TPSA) is 77.5 Å². The predicted molar refractivity (Wildman–Crippen MR) is 98.6 cm³/mol. The second kappa shape index (κ2) is 10.7. The molecule has 0 aliphatic rings. The molecule has 0 bridgehead atoms. The Morgan fingerprint density at radius 1 is 1.23 bits per heavy atom. The van der Waals surface area contributed by atoms with Crippen LogP contribution in [0.2, 0.25) is 0 Å². The Morgan fingerprint density at radius 2 is 2.12 bits per heavy atom. The van der Waals surface area contributed by atoms with Crippen LogP contribution in [-0.4, -0.2) is 36.6 Å². The van der Waals surface area contributed by atoms with Gasteiger partial charge >= 0.3 is 5.97 Å². The number of benzene rings is 1. The molecule has 1 aromatic heterocycles. The van der Waals surface area contributed by atoms with Gasteiger partial charge in [-0.2, -0.15) is 0 Å². The molecule has 0 saturated heterocycles. The highest BCUT2D eigenvalue weighted by Gasteiger charge is 2.04. The molecule has 1 aromatic carbocycles. The third-order valence-corrected chi connectivity index (χ3v) is 3.38. The smallest absolute Gasteiger partial charge is 0.344 e. The van der Waals surface area contributed by atoms with E-state index in [0.717, 1.165) is 11.1 Å². The monoisotopic (exact) mass is 354 g/mol. The number of carbonyl (C=O) groups is 2. The van der Waals surface area contributed by atoms with Gasteiger partial charge in [0, 0.05) is 25.0 Å². The number of hydrogen-bond acceptors (Lipinski definition) is 5. The van der Waals surface area contributed by atoms with Crippen molar-refractivity contribution < 1.29 is 19.1 Å². The molecule has 1 heterocycles. The molecule has 0 unspecified atom stereocenters. The van der Waals surface area contributed by atoms with E-state index < -0.39 is 5.97 Å². The van der Waals surface area contributed by atoms with Gasteiger partial charge in [-0.05, 0) is 48.7 Å². The van der Waals surface area contributed by atoms with Crippen molar-refractivity contribution in [3.63, 3.8) is 0 Å². The molecule has 0 atom stereocenters. The highest BCUT2D eigenvalue weighted by molar-refractivity contribution is 5.91. The maximum Gasteiger partial charge on any atom is 0.344 e. The number of aromatic nitrogens is 1. The number of nitrogens with zero attached hydrogens (tertiary/aromatic N) is 1. The molecule has 1 N–H and O–H groups in total. The second-order valence-electron chi connectivity index (χ2n) is 5.40. The Bertz CT molecular complexity index is 744. The molecule has 0 spiro atoms. The van der Waals surface area contributed by atoms with Crippen molar-refractivity contribution in [2.75, 3.05) is 19.8 Å². The number of rotatable bonds is 9. The van der Waals surface area contributed by atoms with Crippen molar-refractivity contribution in [3.05, 3.63) is 66.0 Å². The third-order valence-electron chi connectivity index (χ3n) is 3.38. The summed E-state index contributed by atoms with van der Waals surface area (Å²) in [5, 5.41) is 2.83. The molecule has 6 nitrogen and oxygen atoms in total. The lowest BCUT2D eigenvalue weighted by Crippen LogP contribution is -2.23. The largest absolute Gasteiger partial charge is 0.482 e. The van der Waals surface area contributed by atoms with E-state index in [1.807, 2.05) is 30.3 Å². The lowest BCUT2D eigenvalue weighted by Gasteiger charge is -2.08. The number of nitrogens with one attached hydrogen (secondary N) is 1. The standard InChI is InChI=1S/C20H22N2O4/c1-2-25-20(24)15-26-18-7-3-5-16(13-18)10-12-22-19(23)9-8-17-6-4-11-21-14-17/h3-9,11,13-14H,2,10,12,15H2,1H3,(H,22,23). The normalized spacial score (nSPS) is 10.5. The number of pyridine rings is 1. The van der Waals surface area contributed by atoms with Crippen LogP contribution in [0.25, 0.3) is 6.08 Å². The van der Waals surface area contributed by atoms with E-state index in [2.05, 4.69) is 10.3 Å². The van der Waals surface area contributed by atoms with Gasteiger partial charge in [0.05, 0.1) is 6.61 Å². The summed E-state index contributed by atoms with van der Waals surface area (Å²) < 4.78 is 10.2. The Morgan fingerprint density at radius 3 is 2.88 bits per heavy atom. The van der Waals surface area contributed by atoms with Crippen LogP contribution in [0.5, 0.6) is 5.75 Å². The average Bonchev–Trinajstić information content (AvgIpc) is 2.66.